The Balaban J connectivity index is 1.77. The molecule has 2 aliphatic rings. The molecule has 0 saturated carbocycles. The molecule has 0 radical (unpaired) electrons. The highest BCUT2D eigenvalue weighted by atomic mass is 16.2. The number of nitrogens with zero attached hydrogens (tertiary/aromatic N) is 2. The van der Waals surface area contributed by atoms with E-state index in [0.29, 0.717) is 24.6 Å². The molecule has 0 N–H and O–H groups in total. The van der Waals surface area contributed by atoms with Crippen molar-refractivity contribution < 1.29 is 14.4 Å². The van der Waals surface area contributed by atoms with Crippen molar-refractivity contribution in [2.45, 2.75) is 84.1 Å². The number of benzene rings is 1. The molecule has 1 unspecified atom stereocenters. The Bertz CT molecular complexity index is 810. The highest BCUT2D eigenvalue weighted by molar-refractivity contribution is 6.23. The first-order valence-corrected chi connectivity index (χ1v) is 11.4. The van der Waals surface area contributed by atoms with E-state index in [-0.39, 0.29) is 24.1 Å². The third-order valence-corrected chi connectivity index (χ3v) is 6.16. The summed E-state index contributed by atoms with van der Waals surface area (Å²) in [5.74, 6) is -0.155. The highest BCUT2D eigenvalue weighted by Gasteiger charge is 2.44. The molecule has 1 fully saturated rings. The van der Waals surface area contributed by atoms with Crippen LogP contribution in [-0.2, 0) is 14.4 Å². The molecule has 1 heterocycles. The molecule has 1 atom stereocenters. The van der Waals surface area contributed by atoms with Crippen LogP contribution in [-0.4, -0.2) is 35.2 Å². The fourth-order valence-corrected chi connectivity index (χ4v) is 4.35. The molecule has 0 aromatic heterocycles. The zero-order valence-corrected chi connectivity index (χ0v) is 18.5. The standard InChI is InChI=1S/C25H34N2O3/c1-4-8-23(28)26(16-15-19-9-6-5-7-10-19)22-17-24(29)27(25(22)30)21-13-11-20(12-14-21)18(2)3/h9,11-14,18,22H,4-8,10,15-17H2,1-3H3. The minimum absolute atomic E-state index is 0.0305. The molecule has 1 aromatic rings. The van der Waals surface area contributed by atoms with Gasteiger partial charge in [-0.1, -0.05) is 44.6 Å². The first-order valence-electron chi connectivity index (χ1n) is 11.4. The maximum atomic E-state index is 13.2. The van der Waals surface area contributed by atoms with E-state index in [1.165, 1.54) is 23.3 Å². The Morgan fingerprint density at radius 3 is 2.50 bits per heavy atom. The fourth-order valence-electron chi connectivity index (χ4n) is 4.35. The van der Waals surface area contributed by atoms with Crippen molar-refractivity contribution in [3.8, 4) is 0 Å². The van der Waals surface area contributed by atoms with Gasteiger partial charge in [0.2, 0.25) is 11.8 Å². The number of hydrogen-bond donors (Lipinski definition) is 0. The Labute approximate surface area is 180 Å². The lowest BCUT2D eigenvalue weighted by Gasteiger charge is -2.28. The SMILES string of the molecule is CCCC(=O)N(CCC1=CCCCC1)C1CC(=O)N(c2ccc(C(C)C)cc2)C1=O. The van der Waals surface area contributed by atoms with Gasteiger partial charge in [-0.15, -0.1) is 0 Å². The minimum atomic E-state index is -0.689. The maximum absolute atomic E-state index is 13.2. The van der Waals surface area contributed by atoms with Crippen molar-refractivity contribution in [3.63, 3.8) is 0 Å². The predicted octanol–water partition coefficient (Wildman–Crippen LogP) is 4.96. The van der Waals surface area contributed by atoms with E-state index in [0.717, 1.165) is 31.2 Å². The summed E-state index contributed by atoms with van der Waals surface area (Å²) in [6, 6.07) is 6.90. The minimum Gasteiger partial charge on any atom is -0.330 e. The summed E-state index contributed by atoms with van der Waals surface area (Å²) >= 11 is 0. The predicted molar refractivity (Wildman–Crippen MR) is 119 cm³/mol. The molecule has 1 saturated heterocycles. The van der Waals surface area contributed by atoms with Crippen LogP contribution in [0.2, 0.25) is 0 Å². The number of carbonyl (C=O) groups excluding carboxylic acids is 3. The van der Waals surface area contributed by atoms with Crippen LogP contribution in [0.25, 0.3) is 0 Å². The molecule has 5 nitrogen and oxygen atoms in total. The van der Waals surface area contributed by atoms with Crippen LogP contribution in [0.1, 0.15) is 83.6 Å². The first-order chi connectivity index (χ1) is 14.4. The van der Waals surface area contributed by atoms with Gasteiger partial charge in [-0.05, 0) is 62.1 Å². The molecule has 162 valence electrons. The maximum Gasteiger partial charge on any atom is 0.257 e. The molecule has 1 aliphatic heterocycles. The molecule has 3 amide bonds. The van der Waals surface area contributed by atoms with E-state index < -0.39 is 6.04 Å². The second-order valence-corrected chi connectivity index (χ2v) is 8.73. The highest BCUT2D eigenvalue weighted by Crippen LogP contribution is 2.29. The lowest BCUT2D eigenvalue weighted by atomic mass is 9.97. The third-order valence-electron chi connectivity index (χ3n) is 6.16. The first kappa shape index (κ1) is 22.3. The van der Waals surface area contributed by atoms with Gasteiger partial charge in [0.1, 0.15) is 6.04 Å². The van der Waals surface area contributed by atoms with Gasteiger partial charge in [0.05, 0.1) is 12.1 Å². The lowest BCUT2D eigenvalue weighted by Crippen LogP contribution is -2.46. The zero-order valence-electron chi connectivity index (χ0n) is 18.5. The van der Waals surface area contributed by atoms with E-state index in [1.807, 2.05) is 31.2 Å². The summed E-state index contributed by atoms with van der Waals surface area (Å²) in [6.07, 6.45) is 8.85. The van der Waals surface area contributed by atoms with Gasteiger partial charge < -0.3 is 4.90 Å². The van der Waals surface area contributed by atoms with E-state index in [9.17, 15) is 14.4 Å². The molecular formula is C25H34N2O3. The molecule has 30 heavy (non-hydrogen) atoms. The number of allylic oxidation sites excluding steroid dienone is 1. The number of carbonyl (C=O) groups is 3. The van der Waals surface area contributed by atoms with E-state index in [1.54, 1.807) is 4.90 Å². The molecule has 0 bridgehead atoms. The fraction of sp³-hybridized carbons (Fsp3) is 0.560. The Kier molecular flexibility index (Phi) is 7.46. The molecule has 1 aliphatic carbocycles. The van der Waals surface area contributed by atoms with Crippen molar-refractivity contribution >= 4 is 23.4 Å². The van der Waals surface area contributed by atoms with Crippen LogP contribution in [0.15, 0.2) is 35.9 Å². The summed E-state index contributed by atoms with van der Waals surface area (Å²) in [7, 11) is 0. The summed E-state index contributed by atoms with van der Waals surface area (Å²) in [5.41, 5.74) is 3.12. The molecule has 5 heteroatoms. The van der Waals surface area contributed by atoms with Crippen LogP contribution in [0.5, 0.6) is 0 Å². The van der Waals surface area contributed by atoms with Gasteiger partial charge in [0.15, 0.2) is 0 Å². The Morgan fingerprint density at radius 2 is 1.90 bits per heavy atom. The molecule has 1 aromatic carbocycles. The van der Waals surface area contributed by atoms with Crippen LogP contribution in [0, 0.1) is 0 Å². The third kappa shape index (κ3) is 5.00. The second kappa shape index (κ2) is 10.1. The average Bonchev–Trinajstić information content (AvgIpc) is 3.03. The van der Waals surface area contributed by atoms with Crippen LogP contribution in [0.3, 0.4) is 0 Å². The summed E-state index contributed by atoms with van der Waals surface area (Å²) in [4.78, 5) is 41.8. The summed E-state index contributed by atoms with van der Waals surface area (Å²) in [5, 5.41) is 0. The zero-order chi connectivity index (χ0) is 21.7. The molecule has 3 rings (SSSR count). The van der Waals surface area contributed by atoms with Crippen LogP contribution in [0.4, 0.5) is 5.69 Å². The number of imide groups is 1. The largest absolute Gasteiger partial charge is 0.330 e. The normalized spacial score (nSPS) is 19.4. The summed E-state index contributed by atoms with van der Waals surface area (Å²) in [6.45, 7) is 6.69. The van der Waals surface area contributed by atoms with Crippen molar-refractivity contribution in [3.05, 3.63) is 41.5 Å². The smallest absolute Gasteiger partial charge is 0.257 e. The molecular weight excluding hydrogens is 376 g/mol. The Morgan fingerprint density at radius 1 is 1.17 bits per heavy atom. The van der Waals surface area contributed by atoms with Crippen LogP contribution >= 0.6 is 0 Å². The quantitative estimate of drug-likeness (QED) is 0.449. The van der Waals surface area contributed by atoms with E-state index in [4.69, 9.17) is 0 Å². The van der Waals surface area contributed by atoms with Gasteiger partial charge in [-0.25, -0.2) is 4.90 Å². The lowest BCUT2D eigenvalue weighted by molar-refractivity contribution is -0.138. The Hall–Kier alpha value is -2.43. The van der Waals surface area contributed by atoms with Gasteiger partial charge in [0.25, 0.3) is 5.91 Å². The number of anilines is 1. The summed E-state index contributed by atoms with van der Waals surface area (Å²) < 4.78 is 0. The average molecular weight is 411 g/mol. The van der Waals surface area contributed by atoms with Crippen molar-refractivity contribution in [1.82, 2.24) is 4.90 Å². The number of amides is 3. The van der Waals surface area contributed by atoms with Gasteiger partial charge in [0, 0.05) is 13.0 Å². The monoisotopic (exact) mass is 410 g/mol. The van der Waals surface area contributed by atoms with Crippen molar-refractivity contribution in [2.24, 2.45) is 0 Å². The van der Waals surface area contributed by atoms with Gasteiger partial charge >= 0.3 is 0 Å². The van der Waals surface area contributed by atoms with E-state index in [2.05, 4.69) is 19.9 Å². The van der Waals surface area contributed by atoms with Gasteiger partial charge in [-0.2, -0.15) is 0 Å². The second-order valence-electron chi connectivity index (χ2n) is 8.73. The van der Waals surface area contributed by atoms with Crippen molar-refractivity contribution in [1.29, 1.82) is 0 Å². The number of rotatable bonds is 8. The number of hydrogen-bond acceptors (Lipinski definition) is 3. The topological polar surface area (TPSA) is 57.7 Å². The molecule has 0 spiro atoms. The van der Waals surface area contributed by atoms with Crippen LogP contribution < -0.4 is 4.90 Å². The van der Waals surface area contributed by atoms with E-state index >= 15 is 0 Å². The van der Waals surface area contributed by atoms with Gasteiger partial charge in [-0.3, -0.25) is 14.4 Å². The van der Waals surface area contributed by atoms with Crippen molar-refractivity contribution in [2.75, 3.05) is 11.4 Å².